The van der Waals surface area contributed by atoms with Crippen LogP contribution >= 0.6 is 23.4 Å². The van der Waals surface area contributed by atoms with Crippen molar-refractivity contribution in [3.05, 3.63) is 83.6 Å². The number of nitrogens with one attached hydrogen (secondary N) is 1. The van der Waals surface area contributed by atoms with Gasteiger partial charge in [0.15, 0.2) is 5.16 Å². The lowest BCUT2D eigenvalue weighted by Crippen LogP contribution is -2.19. The van der Waals surface area contributed by atoms with Crippen molar-refractivity contribution in [2.24, 2.45) is 0 Å². The summed E-state index contributed by atoms with van der Waals surface area (Å²) < 4.78 is 1.40. The zero-order valence-electron chi connectivity index (χ0n) is 14.2. The van der Waals surface area contributed by atoms with Crippen LogP contribution in [0.1, 0.15) is 5.56 Å². The Morgan fingerprint density at radius 1 is 1.04 bits per heavy atom. The van der Waals surface area contributed by atoms with Crippen LogP contribution in [-0.4, -0.2) is 20.8 Å². The molecule has 1 amide bonds. The standard InChI is InChI=1S/C20H15ClN4OS/c21-17-7-9-18(10-8-17)23-19(26)25-13-22-24-20(25)27-12-14-5-6-15-3-1-2-4-16(15)11-14/h1-11,13H,12H2,(H,23,26). The molecule has 3 aromatic carbocycles. The molecule has 0 aliphatic carbocycles. The first-order valence-electron chi connectivity index (χ1n) is 8.26. The average Bonchev–Trinajstić information content (AvgIpc) is 3.17. The number of hydrogen-bond donors (Lipinski definition) is 1. The summed E-state index contributed by atoms with van der Waals surface area (Å²) >= 11 is 7.33. The van der Waals surface area contributed by atoms with Crippen LogP contribution in [0.4, 0.5) is 10.5 Å². The lowest BCUT2D eigenvalue weighted by atomic mass is 10.1. The number of benzene rings is 3. The largest absolute Gasteiger partial charge is 0.333 e. The second-order valence-corrected chi connectivity index (χ2v) is 7.27. The lowest BCUT2D eigenvalue weighted by molar-refractivity contribution is 0.251. The molecule has 4 aromatic rings. The minimum absolute atomic E-state index is 0.316. The van der Waals surface area contributed by atoms with Gasteiger partial charge < -0.3 is 5.32 Å². The van der Waals surface area contributed by atoms with E-state index in [0.717, 1.165) is 5.56 Å². The molecule has 5 nitrogen and oxygen atoms in total. The Bertz CT molecular complexity index is 1090. The molecule has 0 radical (unpaired) electrons. The van der Waals surface area contributed by atoms with Gasteiger partial charge in [-0.3, -0.25) is 0 Å². The maximum Gasteiger partial charge on any atom is 0.333 e. The Kier molecular flexibility index (Phi) is 5.09. The van der Waals surface area contributed by atoms with Crippen molar-refractivity contribution in [3.63, 3.8) is 0 Å². The normalized spacial score (nSPS) is 10.9. The molecule has 1 aromatic heterocycles. The highest BCUT2D eigenvalue weighted by Gasteiger charge is 2.13. The fourth-order valence-corrected chi connectivity index (χ4v) is 3.63. The first kappa shape index (κ1) is 17.6. The molecule has 0 aliphatic rings. The van der Waals surface area contributed by atoms with Crippen molar-refractivity contribution in [1.82, 2.24) is 14.8 Å². The molecule has 4 rings (SSSR count). The van der Waals surface area contributed by atoms with Gasteiger partial charge in [-0.25, -0.2) is 9.36 Å². The van der Waals surface area contributed by atoms with E-state index in [1.54, 1.807) is 24.3 Å². The summed E-state index contributed by atoms with van der Waals surface area (Å²) in [6, 6.07) is 21.2. The van der Waals surface area contributed by atoms with Crippen LogP contribution in [-0.2, 0) is 5.75 Å². The molecule has 0 fully saturated rings. The number of anilines is 1. The maximum atomic E-state index is 12.5. The highest BCUT2D eigenvalue weighted by Crippen LogP contribution is 2.24. The smallest absolute Gasteiger partial charge is 0.307 e. The van der Waals surface area contributed by atoms with Gasteiger partial charge in [-0.05, 0) is 40.6 Å². The molecular weight excluding hydrogens is 380 g/mol. The molecule has 0 aliphatic heterocycles. The minimum atomic E-state index is -0.316. The van der Waals surface area contributed by atoms with Gasteiger partial charge >= 0.3 is 6.03 Å². The summed E-state index contributed by atoms with van der Waals surface area (Å²) in [5.41, 5.74) is 1.81. The number of rotatable bonds is 4. The van der Waals surface area contributed by atoms with E-state index in [4.69, 9.17) is 11.6 Å². The summed E-state index contributed by atoms with van der Waals surface area (Å²) in [4.78, 5) is 12.5. The van der Waals surface area contributed by atoms with Crippen LogP contribution < -0.4 is 5.32 Å². The van der Waals surface area contributed by atoms with Gasteiger partial charge in [-0.1, -0.05) is 65.8 Å². The molecular formula is C20H15ClN4OS. The van der Waals surface area contributed by atoms with Gasteiger partial charge in [-0.15, -0.1) is 10.2 Å². The summed E-state index contributed by atoms with van der Waals surface area (Å²) in [5, 5.41) is 14.3. The highest BCUT2D eigenvalue weighted by molar-refractivity contribution is 7.98. The summed E-state index contributed by atoms with van der Waals surface area (Å²) in [7, 11) is 0. The number of hydrogen-bond acceptors (Lipinski definition) is 4. The van der Waals surface area contributed by atoms with Gasteiger partial charge in [0.1, 0.15) is 6.33 Å². The maximum absolute atomic E-state index is 12.5. The number of halogens is 1. The third-order valence-corrected chi connectivity index (χ3v) is 5.28. The molecule has 134 valence electrons. The molecule has 0 spiro atoms. The van der Waals surface area contributed by atoms with Crippen molar-refractivity contribution >= 4 is 45.9 Å². The number of amides is 1. The van der Waals surface area contributed by atoms with Gasteiger partial charge in [-0.2, -0.15) is 0 Å². The molecule has 0 saturated heterocycles. The molecule has 1 heterocycles. The van der Waals surface area contributed by atoms with E-state index in [2.05, 4.69) is 45.8 Å². The van der Waals surface area contributed by atoms with E-state index < -0.39 is 0 Å². The van der Waals surface area contributed by atoms with Crippen LogP contribution in [0.5, 0.6) is 0 Å². The predicted molar refractivity (Wildman–Crippen MR) is 109 cm³/mol. The number of fused-ring (bicyclic) bond motifs is 1. The molecule has 0 bridgehead atoms. The predicted octanol–water partition coefficient (Wildman–Crippen LogP) is 5.46. The third kappa shape index (κ3) is 4.13. The Labute approximate surface area is 165 Å². The van der Waals surface area contributed by atoms with E-state index in [1.807, 2.05) is 12.1 Å². The number of carbonyl (C=O) groups is 1. The molecule has 0 atom stereocenters. The molecule has 0 unspecified atom stereocenters. The van der Waals surface area contributed by atoms with Crippen LogP contribution in [0.2, 0.25) is 5.02 Å². The second-order valence-electron chi connectivity index (χ2n) is 5.89. The Morgan fingerprint density at radius 3 is 2.63 bits per heavy atom. The quantitative estimate of drug-likeness (QED) is 0.467. The Balaban J connectivity index is 1.46. The number of thioether (sulfide) groups is 1. The topological polar surface area (TPSA) is 59.8 Å². The van der Waals surface area contributed by atoms with Crippen molar-refractivity contribution in [2.75, 3.05) is 5.32 Å². The second kappa shape index (κ2) is 7.82. The van der Waals surface area contributed by atoms with Crippen LogP contribution in [0, 0.1) is 0 Å². The van der Waals surface area contributed by atoms with E-state index in [0.29, 0.717) is 21.6 Å². The zero-order valence-corrected chi connectivity index (χ0v) is 15.7. The van der Waals surface area contributed by atoms with Crippen LogP contribution in [0.15, 0.2) is 78.2 Å². The Morgan fingerprint density at radius 2 is 1.81 bits per heavy atom. The van der Waals surface area contributed by atoms with Crippen molar-refractivity contribution < 1.29 is 4.79 Å². The fourth-order valence-electron chi connectivity index (χ4n) is 2.66. The third-order valence-electron chi connectivity index (χ3n) is 4.01. The molecule has 27 heavy (non-hydrogen) atoms. The average molecular weight is 395 g/mol. The summed E-state index contributed by atoms with van der Waals surface area (Å²) in [6.45, 7) is 0. The van der Waals surface area contributed by atoms with Crippen molar-refractivity contribution in [1.29, 1.82) is 0 Å². The monoisotopic (exact) mass is 394 g/mol. The van der Waals surface area contributed by atoms with E-state index in [-0.39, 0.29) is 6.03 Å². The Hall–Kier alpha value is -2.83. The summed E-state index contributed by atoms with van der Waals surface area (Å²) in [6.07, 6.45) is 1.41. The fraction of sp³-hybridized carbons (Fsp3) is 0.0500. The van der Waals surface area contributed by atoms with Gasteiger partial charge in [0.05, 0.1) is 0 Å². The van der Waals surface area contributed by atoms with E-state index >= 15 is 0 Å². The molecule has 0 saturated carbocycles. The highest BCUT2D eigenvalue weighted by atomic mass is 35.5. The SMILES string of the molecule is O=C(Nc1ccc(Cl)cc1)n1cnnc1SCc1ccc2ccccc2c1. The van der Waals surface area contributed by atoms with Crippen LogP contribution in [0.3, 0.4) is 0 Å². The summed E-state index contributed by atoms with van der Waals surface area (Å²) in [5.74, 6) is 0.692. The van der Waals surface area contributed by atoms with Gasteiger partial charge in [0.2, 0.25) is 0 Å². The number of carbonyl (C=O) groups excluding carboxylic acids is 1. The van der Waals surface area contributed by atoms with E-state index in [1.165, 1.54) is 33.4 Å². The first-order valence-corrected chi connectivity index (χ1v) is 9.63. The lowest BCUT2D eigenvalue weighted by Gasteiger charge is -2.08. The minimum Gasteiger partial charge on any atom is -0.307 e. The van der Waals surface area contributed by atoms with Gasteiger partial charge in [0.25, 0.3) is 0 Å². The number of aromatic nitrogens is 3. The van der Waals surface area contributed by atoms with Crippen molar-refractivity contribution in [3.8, 4) is 0 Å². The molecule has 7 heteroatoms. The van der Waals surface area contributed by atoms with Crippen molar-refractivity contribution in [2.45, 2.75) is 10.9 Å². The number of nitrogens with zero attached hydrogens (tertiary/aromatic N) is 3. The van der Waals surface area contributed by atoms with Crippen LogP contribution in [0.25, 0.3) is 10.8 Å². The molecule has 1 N–H and O–H groups in total. The first-order chi connectivity index (χ1) is 13.2. The van der Waals surface area contributed by atoms with Gasteiger partial charge in [0, 0.05) is 16.5 Å². The zero-order chi connectivity index (χ0) is 18.6. The van der Waals surface area contributed by atoms with E-state index in [9.17, 15) is 4.79 Å².